The van der Waals surface area contributed by atoms with Gasteiger partial charge in [-0.25, -0.2) is 0 Å². The molecule has 4 rings (SSSR count). The van der Waals surface area contributed by atoms with Gasteiger partial charge in [-0.2, -0.15) is 0 Å². The number of aliphatic hydroxyl groups is 4. The maximum Gasteiger partial charge on any atom is 0.0827 e. The van der Waals surface area contributed by atoms with Crippen LogP contribution >= 0.6 is 0 Å². The lowest BCUT2D eigenvalue weighted by Gasteiger charge is -2.67. The van der Waals surface area contributed by atoms with Gasteiger partial charge in [-0.15, -0.1) is 0 Å². The largest absolute Gasteiger partial charge is 0.393 e. The summed E-state index contributed by atoms with van der Waals surface area (Å²) in [5, 5.41) is 45.3. The van der Waals surface area contributed by atoms with E-state index in [0.29, 0.717) is 37.0 Å². The van der Waals surface area contributed by atoms with Crippen molar-refractivity contribution in [3.8, 4) is 0 Å². The summed E-state index contributed by atoms with van der Waals surface area (Å²) < 4.78 is 0. The van der Waals surface area contributed by atoms with E-state index in [4.69, 9.17) is 0 Å². The molecule has 0 heterocycles. The van der Waals surface area contributed by atoms with Crippen molar-refractivity contribution in [3.63, 3.8) is 0 Å². The van der Waals surface area contributed by atoms with E-state index in [9.17, 15) is 20.4 Å². The summed E-state index contributed by atoms with van der Waals surface area (Å²) >= 11 is 0. The first-order valence-corrected chi connectivity index (χ1v) is 13.4. The Labute approximate surface area is 201 Å². The zero-order valence-corrected chi connectivity index (χ0v) is 21.7. The van der Waals surface area contributed by atoms with E-state index >= 15 is 0 Å². The summed E-state index contributed by atoms with van der Waals surface area (Å²) in [4.78, 5) is 0. The molecule has 0 amide bonds. The normalized spacial score (nSPS) is 52.9. The van der Waals surface area contributed by atoms with Crippen molar-refractivity contribution in [3.05, 3.63) is 24.3 Å². The van der Waals surface area contributed by atoms with Gasteiger partial charge in [0.05, 0.1) is 23.9 Å². The predicted octanol–water partition coefficient (Wildman–Crippen LogP) is 4.71. The summed E-state index contributed by atoms with van der Waals surface area (Å²) in [5.41, 5.74) is -0.263. The summed E-state index contributed by atoms with van der Waals surface area (Å²) in [5.74, 6) is 1.30. The van der Waals surface area contributed by atoms with Crippen LogP contribution in [0, 0.1) is 52.3 Å². The molecule has 4 heteroatoms. The van der Waals surface area contributed by atoms with E-state index in [2.05, 4.69) is 53.3 Å². The van der Waals surface area contributed by atoms with Crippen LogP contribution in [0.1, 0.15) is 80.1 Å². The molecule has 0 aromatic heterocycles. The molecule has 4 fully saturated rings. The monoisotopic (exact) mass is 460 g/mol. The van der Waals surface area contributed by atoms with E-state index in [1.807, 2.05) is 6.92 Å². The number of hydrogen-bond acceptors (Lipinski definition) is 4. The number of allylic oxidation sites excluding steroid dienone is 3. The van der Waals surface area contributed by atoms with Gasteiger partial charge in [0.1, 0.15) is 0 Å². The van der Waals surface area contributed by atoms with Gasteiger partial charge in [-0.3, -0.25) is 0 Å². The lowest BCUT2D eigenvalue weighted by molar-refractivity contribution is -0.276. The maximum absolute atomic E-state index is 12.4. The highest BCUT2D eigenvalue weighted by molar-refractivity contribution is 5.22. The van der Waals surface area contributed by atoms with Crippen molar-refractivity contribution in [2.45, 2.75) is 104 Å². The molecule has 4 aliphatic rings. The molecular weight excluding hydrogens is 412 g/mol. The zero-order valence-electron chi connectivity index (χ0n) is 21.7. The van der Waals surface area contributed by atoms with Crippen LogP contribution in [0.4, 0.5) is 0 Å². The van der Waals surface area contributed by atoms with Crippen molar-refractivity contribution in [2.24, 2.45) is 52.3 Å². The molecule has 0 bridgehead atoms. The Balaban J connectivity index is 1.64. The number of hydrogen-bond donors (Lipinski definition) is 4. The van der Waals surface area contributed by atoms with Crippen LogP contribution in [0.2, 0.25) is 0 Å². The highest BCUT2D eigenvalue weighted by Gasteiger charge is 2.70. The molecule has 0 aliphatic heterocycles. The van der Waals surface area contributed by atoms with E-state index in [-0.39, 0.29) is 34.5 Å². The Morgan fingerprint density at radius 3 is 2.24 bits per heavy atom. The molecule has 4 aliphatic carbocycles. The molecular formula is C29H48O4. The van der Waals surface area contributed by atoms with Crippen LogP contribution < -0.4 is 0 Å². The van der Waals surface area contributed by atoms with Crippen LogP contribution in [0.15, 0.2) is 24.3 Å². The Morgan fingerprint density at radius 1 is 0.970 bits per heavy atom. The lowest BCUT2D eigenvalue weighted by atomic mass is 9.40. The van der Waals surface area contributed by atoms with Gasteiger partial charge in [-0.05, 0) is 84.9 Å². The molecule has 4 N–H and O–H groups in total. The van der Waals surface area contributed by atoms with Crippen LogP contribution in [0.3, 0.4) is 0 Å². The second-order valence-corrected chi connectivity index (χ2v) is 13.2. The standard InChI is InChI=1S/C29H48O4/c1-16(2)17(3)8-9-18(4)20-10-11-24-27(20,6)15-23(31)26-28(7)14-22(30)25(32)19(5)21(28)12-13-29(24,26)33/h8-9,16,18-26,30-33H,3,10-15H2,1-2,4-7H3/b9-8+/t18-,19+,20-,21+,22+,23+,24-,25-,26-,27-,28+,29-/m1/s1. The Kier molecular flexibility index (Phi) is 6.52. The van der Waals surface area contributed by atoms with Crippen molar-refractivity contribution in [1.29, 1.82) is 0 Å². The average molecular weight is 461 g/mol. The number of fused-ring (bicyclic) bond motifs is 5. The summed E-state index contributed by atoms with van der Waals surface area (Å²) in [7, 11) is 0. The van der Waals surface area contributed by atoms with Gasteiger partial charge >= 0.3 is 0 Å². The quantitative estimate of drug-likeness (QED) is 0.458. The van der Waals surface area contributed by atoms with Gasteiger partial charge in [-0.1, -0.05) is 65.8 Å². The molecule has 33 heavy (non-hydrogen) atoms. The molecule has 4 nitrogen and oxygen atoms in total. The fraction of sp³-hybridized carbons (Fsp3) is 0.862. The molecule has 0 aromatic carbocycles. The first kappa shape index (κ1) is 25.4. The van der Waals surface area contributed by atoms with Gasteiger partial charge in [0.25, 0.3) is 0 Å². The Morgan fingerprint density at radius 2 is 1.61 bits per heavy atom. The molecule has 188 valence electrons. The van der Waals surface area contributed by atoms with Crippen LogP contribution in [0.5, 0.6) is 0 Å². The summed E-state index contributed by atoms with van der Waals surface area (Å²) in [6.07, 6.45) is 7.11. The minimum atomic E-state index is -0.918. The second-order valence-electron chi connectivity index (χ2n) is 13.2. The Hall–Kier alpha value is -0.680. The highest BCUT2D eigenvalue weighted by Crippen LogP contribution is 2.70. The zero-order chi connectivity index (χ0) is 24.5. The summed E-state index contributed by atoms with van der Waals surface area (Å²) in [6, 6.07) is 0. The van der Waals surface area contributed by atoms with E-state index in [1.165, 1.54) is 0 Å². The fourth-order valence-electron chi connectivity index (χ4n) is 9.55. The van der Waals surface area contributed by atoms with E-state index in [0.717, 1.165) is 24.8 Å². The van der Waals surface area contributed by atoms with Gasteiger partial charge in [0.15, 0.2) is 0 Å². The van der Waals surface area contributed by atoms with Gasteiger partial charge < -0.3 is 20.4 Å². The lowest BCUT2D eigenvalue weighted by Crippen LogP contribution is -2.70. The maximum atomic E-state index is 12.4. The van der Waals surface area contributed by atoms with Crippen molar-refractivity contribution >= 4 is 0 Å². The number of aliphatic hydroxyl groups excluding tert-OH is 3. The highest BCUT2D eigenvalue weighted by atomic mass is 16.3. The first-order valence-electron chi connectivity index (χ1n) is 13.4. The van der Waals surface area contributed by atoms with Crippen LogP contribution in [-0.4, -0.2) is 44.3 Å². The Bertz CT molecular complexity index is 790. The van der Waals surface area contributed by atoms with E-state index < -0.39 is 23.9 Å². The minimum Gasteiger partial charge on any atom is -0.393 e. The molecule has 4 saturated carbocycles. The number of rotatable bonds is 4. The van der Waals surface area contributed by atoms with Crippen molar-refractivity contribution < 1.29 is 20.4 Å². The first-order chi connectivity index (χ1) is 15.3. The molecule has 0 spiro atoms. The smallest absolute Gasteiger partial charge is 0.0827 e. The SMILES string of the molecule is C=C(/C=C/[C@@H](C)[C@H]1CC[C@@H]2[C@]1(C)C[C@H](O)[C@@H]1[C@@]3(C)C[C@H](O)[C@H](O)[C@@H](C)[C@@H]3CC[C@@]21O)C(C)C. The molecule has 0 radical (unpaired) electrons. The fourth-order valence-corrected chi connectivity index (χ4v) is 9.55. The predicted molar refractivity (Wildman–Crippen MR) is 132 cm³/mol. The average Bonchev–Trinajstić information content (AvgIpc) is 3.06. The third kappa shape index (κ3) is 3.70. The van der Waals surface area contributed by atoms with Crippen molar-refractivity contribution in [1.82, 2.24) is 0 Å². The molecule has 0 unspecified atom stereocenters. The van der Waals surface area contributed by atoms with Gasteiger partial charge in [0.2, 0.25) is 0 Å². The third-order valence-corrected chi connectivity index (χ3v) is 11.2. The van der Waals surface area contributed by atoms with E-state index in [1.54, 1.807) is 0 Å². The molecule has 0 aromatic rings. The topological polar surface area (TPSA) is 80.9 Å². The minimum absolute atomic E-state index is 0.0284. The summed E-state index contributed by atoms with van der Waals surface area (Å²) in [6.45, 7) is 17.3. The van der Waals surface area contributed by atoms with Crippen LogP contribution in [0.25, 0.3) is 0 Å². The second kappa shape index (κ2) is 8.47. The molecule has 12 atom stereocenters. The molecule has 0 saturated heterocycles. The van der Waals surface area contributed by atoms with Gasteiger partial charge in [0, 0.05) is 5.92 Å². The van der Waals surface area contributed by atoms with Crippen LogP contribution in [-0.2, 0) is 0 Å². The third-order valence-electron chi connectivity index (χ3n) is 11.2. The van der Waals surface area contributed by atoms with Crippen molar-refractivity contribution in [2.75, 3.05) is 0 Å².